The van der Waals surface area contributed by atoms with Crippen molar-refractivity contribution in [3.63, 3.8) is 0 Å². The lowest BCUT2D eigenvalue weighted by Gasteiger charge is -2.17. The Morgan fingerprint density at radius 2 is 1.65 bits per heavy atom. The first-order chi connectivity index (χ1) is 7.68. The largest absolute Gasteiger partial charge is 0.387 e. The molecule has 2 heterocycles. The third-order valence-corrected chi connectivity index (χ3v) is 2.87. The highest BCUT2D eigenvalue weighted by molar-refractivity contribution is 7.14. The van der Waals surface area contributed by atoms with E-state index in [1.54, 1.807) is 11.3 Å². The van der Waals surface area contributed by atoms with Crippen LogP contribution in [0.4, 0.5) is 0 Å². The van der Waals surface area contributed by atoms with Crippen LogP contribution >= 0.6 is 11.3 Å². The van der Waals surface area contributed by atoms with Crippen LogP contribution in [0, 0.1) is 31.0 Å². The lowest BCUT2D eigenvalue weighted by atomic mass is 10.3. The van der Waals surface area contributed by atoms with Gasteiger partial charge in [-0.15, -0.1) is 10.2 Å². The normalized spacial score (nSPS) is 11.2. The number of hydrogen-bond acceptors (Lipinski definition) is 6. The quantitative estimate of drug-likeness (QED) is 0.479. The number of nitrogens with zero attached hydrogens (tertiary/aromatic N) is 2. The third kappa shape index (κ3) is 4.50. The van der Waals surface area contributed by atoms with Gasteiger partial charge in [-0.1, -0.05) is 11.3 Å². The van der Waals surface area contributed by atoms with Gasteiger partial charge in [-0.3, -0.25) is 0 Å². The predicted octanol–water partition coefficient (Wildman–Crippen LogP) is -2.95. The summed E-state index contributed by atoms with van der Waals surface area (Å²) in [6, 6.07) is 2.10. The molecule has 94 valence electrons. The van der Waals surface area contributed by atoms with Gasteiger partial charge in [-0.25, -0.2) is 18.6 Å². The van der Waals surface area contributed by atoms with Crippen molar-refractivity contribution in [1.82, 2.24) is 4.98 Å². The molecule has 0 aromatic carbocycles. The second-order valence-corrected chi connectivity index (χ2v) is 5.00. The number of halogens is 1. The summed E-state index contributed by atoms with van der Waals surface area (Å²) < 4.78 is 36.2. The van der Waals surface area contributed by atoms with E-state index in [0.29, 0.717) is 0 Å². The third-order valence-electron chi connectivity index (χ3n) is 1.92. The predicted molar refractivity (Wildman–Crippen MR) is 49.5 cm³/mol. The van der Waals surface area contributed by atoms with Crippen LogP contribution in [-0.4, -0.2) is 4.98 Å². The lowest BCUT2D eigenvalue weighted by Crippen LogP contribution is -2.68. The Morgan fingerprint density at radius 1 is 1.12 bits per heavy atom. The summed E-state index contributed by atoms with van der Waals surface area (Å²) in [4.78, 5) is 5.53. The van der Waals surface area contributed by atoms with Gasteiger partial charge in [-0.2, -0.15) is 4.40 Å². The van der Waals surface area contributed by atoms with Crippen molar-refractivity contribution < 1.29 is 33.3 Å². The second kappa shape index (κ2) is 5.21. The van der Waals surface area contributed by atoms with Crippen LogP contribution in [-0.2, 0) is 0 Å². The summed E-state index contributed by atoms with van der Waals surface area (Å²) in [6.45, 7) is 6.25. The molecule has 0 saturated carbocycles. The van der Waals surface area contributed by atoms with Crippen LogP contribution in [0.5, 0.6) is 0 Å². The van der Waals surface area contributed by atoms with Gasteiger partial charge in [0.15, 0.2) is 5.69 Å². The highest BCUT2D eigenvalue weighted by Crippen LogP contribution is 2.08. The summed E-state index contributed by atoms with van der Waals surface area (Å²) in [5.74, 6) is 0. The van der Waals surface area contributed by atoms with E-state index in [-0.39, 0.29) is 0 Å². The SMILES string of the molecule is Cc1cc(C)[n+]2c(C)csc2n1.[O-][Cl+3]([O-])([O-])[O-]. The van der Waals surface area contributed by atoms with Crippen LogP contribution in [0.1, 0.15) is 17.1 Å². The van der Waals surface area contributed by atoms with Crippen LogP contribution in [0.2, 0.25) is 0 Å². The average Bonchev–Trinajstić information content (AvgIpc) is 2.43. The van der Waals surface area contributed by atoms with Crippen molar-refractivity contribution in [1.29, 1.82) is 0 Å². The molecule has 8 heteroatoms. The lowest BCUT2D eigenvalue weighted by molar-refractivity contribution is -2.00. The monoisotopic (exact) mass is 278 g/mol. The molecule has 0 aliphatic carbocycles. The molecule has 0 N–H and O–H groups in total. The van der Waals surface area contributed by atoms with Gasteiger partial charge in [-0.05, 0) is 18.8 Å². The first-order valence-corrected chi connectivity index (χ1v) is 6.66. The Hall–Kier alpha value is -0.830. The Kier molecular flexibility index (Phi) is 4.36. The number of aromatic nitrogens is 2. The van der Waals surface area contributed by atoms with E-state index in [4.69, 9.17) is 18.6 Å². The topological polar surface area (TPSA) is 109 Å². The molecule has 0 radical (unpaired) electrons. The number of hydrogen-bond donors (Lipinski definition) is 0. The minimum absolute atomic E-state index is 1.09. The fraction of sp³-hybridized carbons (Fsp3) is 0.333. The molecule has 0 spiro atoms. The van der Waals surface area contributed by atoms with Crippen molar-refractivity contribution >= 4 is 16.3 Å². The fourth-order valence-electron chi connectivity index (χ4n) is 1.45. The molecule has 2 aromatic rings. The molecule has 0 fully saturated rings. The van der Waals surface area contributed by atoms with Gasteiger partial charge < -0.3 is 0 Å². The molecule has 0 amide bonds. The van der Waals surface area contributed by atoms with Gasteiger partial charge in [0, 0.05) is 18.4 Å². The molecule has 2 aromatic heterocycles. The fourth-order valence-corrected chi connectivity index (χ4v) is 2.42. The van der Waals surface area contributed by atoms with Gasteiger partial charge in [0.25, 0.3) is 0 Å². The Morgan fingerprint density at radius 3 is 2.18 bits per heavy atom. The van der Waals surface area contributed by atoms with Crippen LogP contribution in [0.15, 0.2) is 11.4 Å². The number of rotatable bonds is 0. The molecule has 0 unspecified atom stereocenters. The number of thiazole rings is 1. The summed E-state index contributed by atoms with van der Waals surface area (Å²) in [5, 5.41) is 2.13. The molecule has 0 saturated heterocycles. The molecule has 2 rings (SSSR count). The van der Waals surface area contributed by atoms with E-state index in [9.17, 15) is 0 Å². The Bertz CT molecular complexity index is 517. The molecule has 0 aliphatic rings. The van der Waals surface area contributed by atoms with E-state index in [1.807, 2.05) is 6.92 Å². The first-order valence-electron chi connectivity index (χ1n) is 4.54. The van der Waals surface area contributed by atoms with Gasteiger partial charge in [0.2, 0.25) is 0 Å². The zero-order valence-electron chi connectivity index (χ0n) is 9.47. The van der Waals surface area contributed by atoms with E-state index in [2.05, 4.69) is 34.7 Å². The summed E-state index contributed by atoms with van der Waals surface area (Å²) >= 11 is 1.69. The van der Waals surface area contributed by atoms with Crippen LogP contribution in [0.3, 0.4) is 0 Å². The average molecular weight is 279 g/mol. The van der Waals surface area contributed by atoms with Crippen LogP contribution in [0.25, 0.3) is 4.96 Å². The molecule has 17 heavy (non-hydrogen) atoms. The molecular weight excluding hydrogens is 268 g/mol. The Balaban J connectivity index is 0.000000249. The summed E-state index contributed by atoms with van der Waals surface area (Å²) in [7, 11) is -4.94. The highest BCUT2D eigenvalue weighted by atomic mass is 35.7. The van der Waals surface area contributed by atoms with Crippen molar-refractivity contribution in [2.45, 2.75) is 20.8 Å². The van der Waals surface area contributed by atoms with Gasteiger partial charge >= 0.3 is 4.96 Å². The smallest absolute Gasteiger partial charge is 0.222 e. The highest BCUT2D eigenvalue weighted by Gasteiger charge is 2.12. The maximum Gasteiger partial charge on any atom is 0.387 e. The van der Waals surface area contributed by atoms with Crippen LogP contribution < -0.4 is 23.0 Å². The molecule has 0 atom stereocenters. The maximum absolute atomic E-state index is 8.49. The number of aryl methyl sites for hydroxylation is 3. The van der Waals surface area contributed by atoms with Crippen molar-refractivity contribution in [2.75, 3.05) is 0 Å². The van der Waals surface area contributed by atoms with E-state index in [1.165, 1.54) is 11.4 Å². The molecule has 0 bridgehead atoms. The minimum atomic E-state index is -4.94. The Labute approximate surface area is 104 Å². The zero-order chi connectivity index (χ0) is 13.2. The van der Waals surface area contributed by atoms with Crippen molar-refractivity contribution in [2.24, 2.45) is 0 Å². The minimum Gasteiger partial charge on any atom is -0.222 e. The maximum atomic E-state index is 8.49. The summed E-state index contributed by atoms with van der Waals surface area (Å²) in [6.07, 6.45) is 0. The molecule has 0 aliphatic heterocycles. The van der Waals surface area contributed by atoms with E-state index < -0.39 is 10.2 Å². The van der Waals surface area contributed by atoms with Crippen molar-refractivity contribution in [3.8, 4) is 0 Å². The number of fused-ring (bicyclic) bond motifs is 1. The summed E-state index contributed by atoms with van der Waals surface area (Å²) in [5.41, 5.74) is 3.62. The van der Waals surface area contributed by atoms with Gasteiger partial charge in [0.1, 0.15) is 11.4 Å². The zero-order valence-corrected chi connectivity index (χ0v) is 11.0. The standard InChI is InChI=1S/C9H11N2S.ClHO4/c1-6-4-7(2)11-8(3)5-12-9(11)10-6;2-1(3,4)5/h4-5H,1-3H3;(H,2,3,4,5)/q+1;/p-1. The van der Waals surface area contributed by atoms with Gasteiger partial charge in [0.05, 0.1) is 0 Å². The van der Waals surface area contributed by atoms with E-state index in [0.717, 1.165) is 10.7 Å². The second-order valence-electron chi connectivity index (χ2n) is 3.41. The van der Waals surface area contributed by atoms with Crippen molar-refractivity contribution in [3.05, 3.63) is 28.5 Å². The molecular formula is C9H11ClN2O4S. The first kappa shape index (κ1) is 14.2. The van der Waals surface area contributed by atoms with E-state index >= 15 is 0 Å². The molecule has 6 nitrogen and oxygen atoms in total.